The number of esters is 1. The first-order valence-electron chi connectivity index (χ1n) is 3.92. The largest absolute Gasteiger partial charge is 1.00 e. The maximum atomic E-state index is 11.2. The SMILES string of the molecule is CC(C)(C)OC(=O)C1CNC1.[H+]. The molecule has 3 heteroatoms. The zero-order chi connectivity index (χ0) is 8.48. The molecular formula is C8H16NO2+. The lowest BCUT2D eigenvalue weighted by molar-refractivity contribution is -0.161. The first kappa shape index (κ1) is 8.53. The molecule has 0 radical (unpaired) electrons. The summed E-state index contributed by atoms with van der Waals surface area (Å²) in [6.45, 7) is 7.20. The molecule has 0 unspecified atom stereocenters. The average Bonchev–Trinajstić information content (AvgIpc) is 1.50. The van der Waals surface area contributed by atoms with Crippen molar-refractivity contribution in [1.29, 1.82) is 0 Å². The van der Waals surface area contributed by atoms with Gasteiger partial charge in [-0.15, -0.1) is 0 Å². The van der Waals surface area contributed by atoms with E-state index < -0.39 is 0 Å². The Kier molecular flexibility index (Phi) is 2.18. The molecule has 11 heavy (non-hydrogen) atoms. The second kappa shape index (κ2) is 2.81. The van der Waals surface area contributed by atoms with Crippen LogP contribution in [0.5, 0.6) is 0 Å². The maximum Gasteiger partial charge on any atom is 1.00 e. The van der Waals surface area contributed by atoms with Gasteiger partial charge in [-0.25, -0.2) is 0 Å². The lowest BCUT2D eigenvalue weighted by Crippen LogP contribution is -2.48. The average molecular weight is 158 g/mol. The molecule has 0 amide bonds. The van der Waals surface area contributed by atoms with Gasteiger partial charge in [0.25, 0.3) is 0 Å². The molecule has 1 rings (SSSR count). The van der Waals surface area contributed by atoms with E-state index in [1.807, 2.05) is 20.8 Å². The predicted molar refractivity (Wildman–Crippen MR) is 43.3 cm³/mol. The smallest absolute Gasteiger partial charge is 0.460 e. The van der Waals surface area contributed by atoms with Crippen LogP contribution in [-0.2, 0) is 9.53 Å². The van der Waals surface area contributed by atoms with Crippen molar-refractivity contribution in [3.8, 4) is 0 Å². The van der Waals surface area contributed by atoms with Crippen molar-refractivity contribution in [3.63, 3.8) is 0 Å². The Balaban J connectivity index is 0.00000121. The van der Waals surface area contributed by atoms with Crippen molar-refractivity contribution in [3.05, 3.63) is 0 Å². The van der Waals surface area contributed by atoms with Crippen LogP contribution in [0.2, 0.25) is 0 Å². The van der Waals surface area contributed by atoms with E-state index in [0.717, 1.165) is 13.1 Å². The van der Waals surface area contributed by atoms with Crippen molar-refractivity contribution in [1.82, 2.24) is 5.32 Å². The Morgan fingerprint density at radius 2 is 2.09 bits per heavy atom. The van der Waals surface area contributed by atoms with E-state index >= 15 is 0 Å². The first-order chi connectivity index (χ1) is 4.99. The molecule has 0 atom stereocenters. The van der Waals surface area contributed by atoms with E-state index in [2.05, 4.69) is 5.32 Å². The lowest BCUT2D eigenvalue weighted by atomic mass is 10.0. The molecule has 64 valence electrons. The molecule has 1 aliphatic rings. The van der Waals surface area contributed by atoms with Gasteiger partial charge in [0.1, 0.15) is 5.60 Å². The lowest BCUT2D eigenvalue weighted by Gasteiger charge is -2.29. The van der Waals surface area contributed by atoms with Crippen LogP contribution in [0.3, 0.4) is 0 Å². The van der Waals surface area contributed by atoms with Crippen molar-refractivity contribution < 1.29 is 11.0 Å². The molecule has 0 aromatic carbocycles. The molecule has 0 aromatic rings. The number of nitrogens with one attached hydrogen (secondary N) is 1. The van der Waals surface area contributed by atoms with Gasteiger partial charge in [0.05, 0.1) is 5.92 Å². The molecule has 1 N–H and O–H groups in total. The Bertz CT molecular complexity index is 161. The van der Waals surface area contributed by atoms with Gasteiger partial charge in [-0.3, -0.25) is 4.79 Å². The molecular weight excluding hydrogens is 142 g/mol. The topological polar surface area (TPSA) is 38.3 Å². The fourth-order valence-corrected chi connectivity index (χ4v) is 0.840. The van der Waals surface area contributed by atoms with Crippen molar-refractivity contribution in [2.24, 2.45) is 5.92 Å². The van der Waals surface area contributed by atoms with Gasteiger partial charge in [-0.05, 0) is 20.8 Å². The minimum absolute atomic E-state index is 0. The van der Waals surface area contributed by atoms with Gasteiger partial charge in [0.15, 0.2) is 0 Å². The molecule has 1 aliphatic heterocycles. The molecule has 1 saturated heterocycles. The van der Waals surface area contributed by atoms with Gasteiger partial charge in [0.2, 0.25) is 0 Å². The van der Waals surface area contributed by atoms with Crippen molar-refractivity contribution >= 4 is 5.97 Å². The first-order valence-corrected chi connectivity index (χ1v) is 3.92. The van der Waals surface area contributed by atoms with E-state index in [1.165, 1.54) is 0 Å². The standard InChI is InChI=1S/C8H15NO2/c1-8(2,3)11-7(10)6-4-9-5-6/h6,9H,4-5H2,1-3H3/p+1. The third kappa shape index (κ3) is 2.50. The highest BCUT2D eigenvalue weighted by atomic mass is 16.6. The fraction of sp³-hybridized carbons (Fsp3) is 0.875. The van der Waals surface area contributed by atoms with Crippen LogP contribution in [-0.4, -0.2) is 24.7 Å². The highest BCUT2D eigenvalue weighted by Crippen LogP contribution is 2.13. The molecule has 0 aliphatic carbocycles. The highest BCUT2D eigenvalue weighted by molar-refractivity contribution is 5.74. The Hall–Kier alpha value is -0.570. The monoisotopic (exact) mass is 158 g/mol. The highest BCUT2D eigenvalue weighted by Gasteiger charge is 2.29. The summed E-state index contributed by atoms with van der Waals surface area (Å²) >= 11 is 0. The second-order valence-corrected chi connectivity index (χ2v) is 3.89. The third-order valence-electron chi connectivity index (χ3n) is 1.52. The summed E-state index contributed by atoms with van der Waals surface area (Å²) in [6, 6.07) is 0. The van der Waals surface area contributed by atoms with Crippen LogP contribution >= 0.6 is 0 Å². The van der Waals surface area contributed by atoms with E-state index in [-0.39, 0.29) is 18.9 Å². The number of carbonyl (C=O) groups excluding carboxylic acids is 1. The Morgan fingerprint density at radius 3 is 2.36 bits per heavy atom. The summed E-state index contributed by atoms with van der Waals surface area (Å²) in [7, 11) is 0. The fourth-order valence-electron chi connectivity index (χ4n) is 0.840. The zero-order valence-corrected chi connectivity index (χ0v) is 7.31. The minimum atomic E-state index is -0.341. The normalized spacial score (nSPS) is 19.2. The minimum Gasteiger partial charge on any atom is -0.460 e. The zero-order valence-electron chi connectivity index (χ0n) is 8.31. The number of carbonyl (C=O) groups is 1. The van der Waals surface area contributed by atoms with E-state index in [9.17, 15) is 4.79 Å². The summed E-state index contributed by atoms with van der Waals surface area (Å²) in [6.07, 6.45) is 0. The van der Waals surface area contributed by atoms with Crippen molar-refractivity contribution in [2.45, 2.75) is 26.4 Å². The summed E-state index contributed by atoms with van der Waals surface area (Å²) < 4.78 is 5.16. The summed E-state index contributed by atoms with van der Waals surface area (Å²) in [5, 5.41) is 3.03. The van der Waals surface area contributed by atoms with Crippen LogP contribution < -0.4 is 5.32 Å². The Morgan fingerprint density at radius 1 is 1.55 bits per heavy atom. The van der Waals surface area contributed by atoms with Crippen LogP contribution in [0.25, 0.3) is 0 Å². The number of hydrogen-bond donors (Lipinski definition) is 1. The molecule has 0 saturated carbocycles. The van der Waals surface area contributed by atoms with Crippen molar-refractivity contribution in [2.75, 3.05) is 13.1 Å². The van der Waals surface area contributed by atoms with Gasteiger partial charge < -0.3 is 10.1 Å². The second-order valence-electron chi connectivity index (χ2n) is 3.89. The van der Waals surface area contributed by atoms with E-state index in [0.29, 0.717) is 0 Å². The number of ether oxygens (including phenoxy) is 1. The van der Waals surface area contributed by atoms with Crippen LogP contribution in [0.4, 0.5) is 0 Å². The molecule has 0 bridgehead atoms. The van der Waals surface area contributed by atoms with Gasteiger partial charge in [-0.2, -0.15) is 0 Å². The van der Waals surface area contributed by atoms with Gasteiger partial charge in [-0.1, -0.05) is 0 Å². The molecule has 1 fully saturated rings. The summed E-state index contributed by atoms with van der Waals surface area (Å²) in [5.74, 6) is 0.0190. The number of hydrogen-bond acceptors (Lipinski definition) is 3. The molecule has 1 heterocycles. The predicted octanol–water partition coefficient (Wildman–Crippen LogP) is 0.660. The van der Waals surface area contributed by atoms with Crippen LogP contribution in [0.15, 0.2) is 0 Å². The molecule has 0 spiro atoms. The number of rotatable bonds is 1. The molecule has 3 nitrogen and oxygen atoms in total. The van der Waals surface area contributed by atoms with Crippen LogP contribution in [0, 0.1) is 5.92 Å². The van der Waals surface area contributed by atoms with Gasteiger partial charge in [0, 0.05) is 13.1 Å². The maximum absolute atomic E-state index is 11.2. The van der Waals surface area contributed by atoms with Gasteiger partial charge >= 0.3 is 7.40 Å². The third-order valence-corrected chi connectivity index (χ3v) is 1.52. The molecule has 0 aromatic heterocycles. The van der Waals surface area contributed by atoms with Crippen LogP contribution in [0.1, 0.15) is 22.2 Å². The summed E-state index contributed by atoms with van der Waals surface area (Å²) in [5.41, 5.74) is -0.341. The summed E-state index contributed by atoms with van der Waals surface area (Å²) in [4.78, 5) is 11.2. The quantitative estimate of drug-likeness (QED) is 0.570. The Labute approximate surface area is 68.6 Å². The van der Waals surface area contributed by atoms with E-state index in [1.54, 1.807) is 0 Å². The van der Waals surface area contributed by atoms with E-state index in [4.69, 9.17) is 4.74 Å².